The fourth-order valence-corrected chi connectivity index (χ4v) is 2.96. The van der Waals surface area contributed by atoms with Gasteiger partial charge in [-0.2, -0.15) is 0 Å². The molecular formula is C17H25NO2. The minimum atomic E-state index is -0.416. The lowest BCUT2D eigenvalue weighted by Gasteiger charge is -2.42. The van der Waals surface area contributed by atoms with Gasteiger partial charge in [0, 0.05) is 7.05 Å². The van der Waals surface area contributed by atoms with E-state index in [1.165, 1.54) is 17.5 Å². The first-order valence-corrected chi connectivity index (χ1v) is 7.22. The van der Waals surface area contributed by atoms with Crippen LogP contribution in [0, 0.1) is 6.92 Å². The maximum atomic E-state index is 11.5. The Balaban J connectivity index is 2.55. The van der Waals surface area contributed by atoms with Crippen LogP contribution in [0.2, 0.25) is 0 Å². The van der Waals surface area contributed by atoms with Crippen LogP contribution in [0.3, 0.4) is 0 Å². The topological polar surface area (TPSA) is 38.3 Å². The molecule has 1 aromatic carbocycles. The van der Waals surface area contributed by atoms with Gasteiger partial charge in [0.05, 0.1) is 0 Å². The summed E-state index contributed by atoms with van der Waals surface area (Å²) in [5.74, 6) is 0.661. The van der Waals surface area contributed by atoms with Crippen molar-refractivity contribution in [3.8, 4) is 5.75 Å². The van der Waals surface area contributed by atoms with Crippen LogP contribution in [-0.4, -0.2) is 13.1 Å². The summed E-state index contributed by atoms with van der Waals surface area (Å²) < 4.78 is 5.37. The molecule has 1 aliphatic carbocycles. The van der Waals surface area contributed by atoms with Gasteiger partial charge in [-0.3, -0.25) is 0 Å². The number of amides is 1. The van der Waals surface area contributed by atoms with Gasteiger partial charge in [0.1, 0.15) is 5.75 Å². The zero-order chi connectivity index (χ0) is 15.1. The molecule has 2 rings (SSSR count). The summed E-state index contributed by atoms with van der Waals surface area (Å²) >= 11 is 0. The lowest BCUT2D eigenvalue weighted by Crippen LogP contribution is -2.34. The van der Waals surface area contributed by atoms with E-state index in [0.717, 1.165) is 12.0 Å². The lowest BCUT2D eigenvalue weighted by atomic mass is 9.63. The predicted molar refractivity (Wildman–Crippen MR) is 81.5 cm³/mol. The van der Waals surface area contributed by atoms with Crippen LogP contribution >= 0.6 is 0 Å². The quantitative estimate of drug-likeness (QED) is 0.839. The maximum Gasteiger partial charge on any atom is 0.412 e. The Labute approximate surface area is 121 Å². The van der Waals surface area contributed by atoms with Crippen molar-refractivity contribution >= 4 is 6.09 Å². The van der Waals surface area contributed by atoms with Crippen LogP contribution < -0.4 is 10.1 Å². The van der Waals surface area contributed by atoms with Crippen LogP contribution in [0.25, 0.3) is 0 Å². The highest BCUT2D eigenvalue weighted by Gasteiger charge is 2.37. The lowest BCUT2D eigenvalue weighted by molar-refractivity contribution is 0.202. The van der Waals surface area contributed by atoms with Crippen molar-refractivity contribution in [1.29, 1.82) is 0 Å². The first kappa shape index (κ1) is 14.9. The second-order valence-electron chi connectivity index (χ2n) is 7.07. The van der Waals surface area contributed by atoms with Crippen molar-refractivity contribution in [1.82, 2.24) is 5.32 Å². The number of benzene rings is 1. The summed E-state index contributed by atoms with van der Waals surface area (Å²) in [6, 6.07) is 4.25. The van der Waals surface area contributed by atoms with Crippen molar-refractivity contribution in [2.24, 2.45) is 0 Å². The molecule has 0 fully saturated rings. The fraction of sp³-hybridized carbons (Fsp3) is 0.588. The fourth-order valence-electron chi connectivity index (χ4n) is 2.96. The number of fused-ring (bicyclic) bond motifs is 1. The molecule has 1 aliphatic rings. The van der Waals surface area contributed by atoms with Crippen LogP contribution in [0.15, 0.2) is 12.1 Å². The molecule has 0 bridgehead atoms. The highest BCUT2D eigenvalue weighted by atomic mass is 16.6. The highest BCUT2D eigenvalue weighted by Crippen LogP contribution is 2.47. The summed E-state index contributed by atoms with van der Waals surface area (Å²) in [4.78, 5) is 11.5. The Morgan fingerprint density at radius 3 is 2.10 bits per heavy atom. The molecule has 0 radical (unpaired) electrons. The van der Waals surface area contributed by atoms with E-state index in [-0.39, 0.29) is 10.8 Å². The summed E-state index contributed by atoms with van der Waals surface area (Å²) in [7, 11) is 1.57. The normalized spacial score (nSPS) is 19.1. The van der Waals surface area contributed by atoms with Gasteiger partial charge in [-0.1, -0.05) is 33.8 Å². The van der Waals surface area contributed by atoms with Crippen molar-refractivity contribution in [3.63, 3.8) is 0 Å². The van der Waals surface area contributed by atoms with E-state index in [0.29, 0.717) is 5.75 Å². The van der Waals surface area contributed by atoms with Crippen molar-refractivity contribution in [2.75, 3.05) is 7.05 Å². The molecule has 0 aliphatic heterocycles. The molecule has 0 heterocycles. The number of ether oxygens (including phenoxy) is 1. The van der Waals surface area contributed by atoms with Gasteiger partial charge in [0.25, 0.3) is 0 Å². The van der Waals surface area contributed by atoms with Crippen molar-refractivity contribution in [2.45, 2.75) is 58.3 Å². The molecule has 1 aromatic rings. The molecular weight excluding hydrogens is 250 g/mol. The van der Waals surface area contributed by atoms with Crippen LogP contribution in [0.1, 0.15) is 57.2 Å². The van der Waals surface area contributed by atoms with Gasteiger partial charge in [-0.25, -0.2) is 4.79 Å². The van der Waals surface area contributed by atoms with Gasteiger partial charge in [-0.15, -0.1) is 0 Å². The van der Waals surface area contributed by atoms with E-state index in [1.807, 2.05) is 6.92 Å². The molecule has 3 nitrogen and oxygen atoms in total. The highest BCUT2D eigenvalue weighted by molar-refractivity contribution is 5.70. The number of carbonyl (C=O) groups is 1. The number of aryl methyl sites for hydroxylation is 1. The molecule has 1 amide bonds. The minimum absolute atomic E-state index is 0.124. The van der Waals surface area contributed by atoms with Crippen molar-refractivity contribution < 1.29 is 9.53 Å². The maximum absolute atomic E-state index is 11.5. The third kappa shape index (κ3) is 2.54. The second-order valence-corrected chi connectivity index (χ2v) is 7.07. The SMILES string of the molecule is CNC(=O)Oc1cc2c(cc1C)C(C)(C)CCC2(C)C. The van der Waals surface area contributed by atoms with Gasteiger partial charge in [0.2, 0.25) is 0 Å². The van der Waals surface area contributed by atoms with Gasteiger partial charge < -0.3 is 10.1 Å². The standard InChI is InChI=1S/C17H25NO2/c1-11-9-12-13(10-14(11)20-15(19)18-6)17(4,5)8-7-16(12,2)3/h9-10H,7-8H2,1-6H3,(H,18,19). The predicted octanol–water partition coefficient (Wildman–Crippen LogP) is 4.06. The molecule has 0 saturated carbocycles. The zero-order valence-corrected chi connectivity index (χ0v) is 13.4. The number of nitrogens with one attached hydrogen (secondary N) is 1. The average Bonchev–Trinajstić information content (AvgIpc) is 2.37. The molecule has 0 atom stereocenters. The average molecular weight is 275 g/mol. The number of hydrogen-bond acceptors (Lipinski definition) is 2. The summed E-state index contributed by atoms with van der Waals surface area (Å²) in [5, 5.41) is 2.50. The number of hydrogen-bond donors (Lipinski definition) is 1. The van der Waals surface area contributed by atoms with E-state index in [1.54, 1.807) is 7.05 Å². The first-order valence-electron chi connectivity index (χ1n) is 7.22. The van der Waals surface area contributed by atoms with Crippen LogP contribution in [0.4, 0.5) is 4.79 Å². The first-order chi connectivity index (χ1) is 9.17. The molecule has 3 heteroatoms. The van der Waals surface area contributed by atoms with E-state index in [9.17, 15) is 4.79 Å². The minimum Gasteiger partial charge on any atom is -0.410 e. The Bertz CT molecular complexity index is 544. The third-order valence-electron chi connectivity index (χ3n) is 4.56. The smallest absolute Gasteiger partial charge is 0.410 e. The molecule has 0 saturated heterocycles. The van der Waals surface area contributed by atoms with E-state index < -0.39 is 6.09 Å². The molecule has 0 spiro atoms. The Kier molecular flexibility index (Phi) is 3.57. The third-order valence-corrected chi connectivity index (χ3v) is 4.56. The van der Waals surface area contributed by atoms with Gasteiger partial charge in [-0.05, 0) is 53.4 Å². The second kappa shape index (κ2) is 4.80. The Morgan fingerprint density at radius 2 is 1.60 bits per heavy atom. The summed E-state index contributed by atoms with van der Waals surface area (Å²) in [5.41, 5.74) is 4.01. The molecule has 0 unspecified atom stereocenters. The largest absolute Gasteiger partial charge is 0.412 e. The van der Waals surface area contributed by atoms with Crippen LogP contribution in [-0.2, 0) is 10.8 Å². The Hall–Kier alpha value is -1.51. The van der Waals surface area contributed by atoms with Crippen LogP contribution in [0.5, 0.6) is 5.75 Å². The molecule has 1 N–H and O–H groups in total. The van der Waals surface area contributed by atoms with E-state index in [4.69, 9.17) is 4.74 Å². The monoisotopic (exact) mass is 275 g/mol. The molecule has 20 heavy (non-hydrogen) atoms. The van der Waals surface area contributed by atoms with Gasteiger partial charge >= 0.3 is 6.09 Å². The zero-order valence-electron chi connectivity index (χ0n) is 13.4. The summed E-state index contributed by atoms with van der Waals surface area (Å²) in [6.45, 7) is 11.1. The molecule has 0 aromatic heterocycles. The van der Waals surface area contributed by atoms with E-state index in [2.05, 4.69) is 45.1 Å². The van der Waals surface area contributed by atoms with Gasteiger partial charge in [0.15, 0.2) is 0 Å². The Morgan fingerprint density at radius 1 is 1.10 bits per heavy atom. The van der Waals surface area contributed by atoms with Crippen molar-refractivity contribution in [3.05, 3.63) is 28.8 Å². The van der Waals surface area contributed by atoms with E-state index >= 15 is 0 Å². The number of carbonyl (C=O) groups excluding carboxylic acids is 1. The molecule has 110 valence electrons. The summed E-state index contributed by atoms with van der Waals surface area (Å²) in [6.07, 6.45) is 1.92. The number of rotatable bonds is 1.